The van der Waals surface area contributed by atoms with E-state index in [9.17, 15) is 9.59 Å². The summed E-state index contributed by atoms with van der Waals surface area (Å²) in [5.41, 5.74) is 4.30. The molecule has 0 saturated carbocycles. The van der Waals surface area contributed by atoms with Crippen molar-refractivity contribution in [2.24, 2.45) is 0 Å². The molecule has 146 valence electrons. The number of aryl methyl sites for hydroxylation is 3. The molecule has 3 rings (SSSR count). The number of thiazole rings is 1. The Morgan fingerprint density at radius 3 is 2.64 bits per heavy atom. The Balaban J connectivity index is 1.64. The van der Waals surface area contributed by atoms with Crippen LogP contribution in [0.15, 0.2) is 35.1 Å². The number of anilines is 1. The SMILES string of the molecule is Cc1nc(C)c(-c2ccc(=O)n(CCNC(=O)Nc3cccc(C)c3C)n2)s1. The molecule has 0 atom stereocenters. The van der Waals surface area contributed by atoms with Gasteiger partial charge in [-0.3, -0.25) is 4.79 Å². The monoisotopic (exact) mass is 397 g/mol. The molecule has 1 aromatic carbocycles. The highest BCUT2D eigenvalue weighted by atomic mass is 32.1. The van der Waals surface area contributed by atoms with Crippen LogP contribution in [0, 0.1) is 27.7 Å². The molecule has 7 nitrogen and oxygen atoms in total. The van der Waals surface area contributed by atoms with Gasteiger partial charge in [0.15, 0.2) is 0 Å². The average Bonchev–Trinajstić information content (AvgIpc) is 2.99. The highest BCUT2D eigenvalue weighted by Crippen LogP contribution is 2.27. The first-order valence-corrected chi connectivity index (χ1v) is 9.80. The highest BCUT2D eigenvalue weighted by Gasteiger charge is 2.11. The maximum absolute atomic E-state index is 12.2. The quantitative estimate of drug-likeness (QED) is 0.690. The third-order valence-corrected chi connectivity index (χ3v) is 5.56. The van der Waals surface area contributed by atoms with E-state index in [1.165, 1.54) is 10.7 Å². The molecule has 0 aliphatic carbocycles. The molecular formula is C20H23N5O2S. The van der Waals surface area contributed by atoms with Crippen LogP contribution in [-0.2, 0) is 6.54 Å². The molecule has 28 heavy (non-hydrogen) atoms. The Labute approximate surface area is 167 Å². The maximum Gasteiger partial charge on any atom is 0.319 e. The summed E-state index contributed by atoms with van der Waals surface area (Å²) in [6.45, 7) is 8.39. The van der Waals surface area contributed by atoms with E-state index in [2.05, 4.69) is 20.7 Å². The zero-order chi connectivity index (χ0) is 20.3. The predicted molar refractivity (Wildman–Crippen MR) is 112 cm³/mol. The number of aromatic nitrogens is 3. The van der Waals surface area contributed by atoms with Gasteiger partial charge in [0.25, 0.3) is 5.56 Å². The summed E-state index contributed by atoms with van der Waals surface area (Å²) >= 11 is 1.55. The van der Waals surface area contributed by atoms with Gasteiger partial charge in [0.2, 0.25) is 0 Å². The number of amides is 2. The Hall–Kier alpha value is -3.00. The van der Waals surface area contributed by atoms with Gasteiger partial charge in [-0.1, -0.05) is 12.1 Å². The summed E-state index contributed by atoms with van der Waals surface area (Å²) in [5, 5.41) is 11.0. The first-order chi connectivity index (χ1) is 13.3. The van der Waals surface area contributed by atoms with Crippen molar-refractivity contribution >= 4 is 23.1 Å². The summed E-state index contributed by atoms with van der Waals surface area (Å²) in [4.78, 5) is 29.6. The minimum atomic E-state index is -0.313. The summed E-state index contributed by atoms with van der Waals surface area (Å²) in [7, 11) is 0. The van der Waals surface area contributed by atoms with Gasteiger partial charge < -0.3 is 10.6 Å². The molecule has 2 aromatic heterocycles. The zero-order valence-electron chi connectivity index (χ0n) is 16.4. The van der Waals surface area contributed by atoms with Crippen molar-refractivity contribution in [1.82, 2.24) is 20.1 Å². The van der Waals surface area contributed by atoms with E-state index >= 15 is 0 Å². The summed E-state index contributed by atoms with van der Waals surface area (Å²) in [6, 6.07) is 8.64. The summed E-state index contributed by atoms with van der Waals surface area (Å²) in [6.07, 6.45) is 0. The van der Waals surface area contributed by atoms with E-state index in [0.29, 0.717) is 5.69 Å². The zero-order valence-corrected chi connectivity index (χ0v) is 17.2. The van der Waals surface area contributed by atoms with Crippen LogP contribution in [0.5, 0.6) is 0 Å². The van der Waals surface area contributed by atoms with Crippen molar-refractivity contribution in [3.8, 4) is 10.6 Å². The minimum Gasteiger partial charge on any atom is -0.336 e. The number of nitrogens with one attached hydrogen (secondary N) is 2. The molecule has 0 unspecified atom stereocenters. The standard InChI is InChI=1S/C20H23N5O2S/c1-12-6-5-7-16(13(12)2)23-20(27)21-10-11-25-18(26)9-8-17(24-25)19-14(3)22-15(4)28-19/h5-9H,10-11H2,1-4H3,(H2,21,23,27). The lowest BCUT2D eigenvalue weighted by atomic mass is 10.1. The number of hydrogen-bond acceptors (Lipinski definition) is 5. The minimum absolute atomic E-state index is 0.209. The Morgan fingerprint density at radius 2 is 1.93 bits per heavy atom. The molecule has 0 bridgehead atoms. The number of carbonyl (C=O) groups excluding carboxylic acids is 1. The van der Waals surface area contributed by atoms with E-state index in [-0.39, 0.29) is 24.7 Å². The van der Waals surface area contributed by atoms with Crippen LogP contribution >= 0.6 is 11.3 Å². The van der Waals surface area contributed by atoms with E-state index in [1.807, 2.05) is 45.9 Å². The Bertz CT molecular complexity index is 1070. The number of rotatable bonds is 5. The van der Waals surface area contributed by atoms with Crippen molar-refractivity contribution in [1.29, 1.82) is 0 Å². The molecule has 0 spiro atoms. The van der Waals surface area contributed by atoms with Crippen LogP contribution in [0.25, 0.3) is 10.6 Å². The fourth-order valence-electron chi connectivity index (χ4n) is 2.83. The topological polar surface area (TPSA) is 88.9 Å². The fraction of sp³-hybridized carbons (Fsp3) is 0.300. The van der Waals surface area contributed by atoms with Gasteiger partial charge in [0, 0.05) is 18.3 Å². The lowest BCUT2D eigenvalue weighted by molar-refractivity contribution is 0.251. The first-order valence-electron chi connectivity index (χ1n) is 8.99. The predicted octanol–water partition coefficient (Wildman–Crippen LogP) is 3.42. The van der Waals surface area contributed by atoms with Crippen molar-refractivity contribution in [3.63, 3.8) is 0 Å². The van der Waals surface area contributed by atoms with Crippen molar-refractivity contribution < 1.29 is 4.79 Å². The second kappa shape index (κ2) is 8.35. The van der Waals surface area contributed by atoms with Crippen LogP contribution in [-0.4, -0.2) is 27.3 Å². The summed E-state index contributed by atoms with van der Waals surface area (Å²) < 4.78 is 1.36. The van der Waals surface area contributed by atoms with Crippen LogP contribution in [0.4, 0.5) is 10.5 Å². The van der Waals surface area contributed by atoms with E-state index in [4.69, 9.17) is 0 Å². The second-order valence-corrected chi connectivity index (χ2v) is 7.76. The second-order valence-electron chi connectivity index (χ2n) is 6.56. The van der Waals surface area contributed by atoms with Crippen LogP contribution in [0.2, 0.25) is 0 Å². The maximum atomic E-state index is 12.2. The first kappa shape index (κ1) is 19.8. The number of hydrogen-bond donors (Lipinski definition) is 2. The van der Waals surface area contributed by atoms with Gasteiger partial charge in [0.1, 0.15) is 5.69 Å². The number of benzene rings is 1. The Morgan fingerprint density at radius 1 is 1.14 bits per heavy atom. The normalized spacial score (nSPS) is 10.7. The molecule has 3 aromatic rings. The molecule has 0 aliphatic rings. The number of carbonyl (C=O) groups is 1. The third-order valence-electron chi connectivity index (χ3n) is 4.46. The molecule has 0 fully saturated rings. The van der Waals surface area contributed by atoms with E-state index in [0.717, 1.165) is 32.4 Å². The van der Waals surface area contributed by atoms with Gasteiger partial charge in [0.05, 0.1) is 22.1 Å². The van der Waals surface area contributed by atoms with Crippen LogP contribution in [0.1, 0.15) is 21.8 Å². The lowest BCUT2D eigenvalue weighted by Crippen LogP contribution is -2.34. The van der Waals surface area contributed by atoms with Gasteiger partial charge >= 0.3 is 6.03 Å². The molecule has 0 aliphatic heterocycles. The molecule has 2 N–H and O–H groups in total. The Kier molecular flexibility index (Phi) is 5.89. The van der Waals surface area contributed by atoms with Crippen molar-refractivity contribution in [3.05, 3.63) is 62.5 Å². The lowest BCUT2D eigenvalue weighted by Gasteiger charge is -2.12. The van der Waals surface area contributed by atoms with Crippen LogP contribution < -0.4 is 16.2 Å². The van der Waals surface area contributed by atoms with Gasteiger partial charge in [-0.15, -0.1) is 11.3 Å². The van der Waals surface area contributed by atoms with Crippen molar-refractivity contribution in [2.75, 3.05) is 11.9 Å². The number of nitrogens with zero attached hydrogens (tertiary/aromatic N) is 3. The van der Waals surface area contributed by atoms with E-state index in [1.54, 1.807) is 17.4 Å². The van der Waals surface area contributed by atoms with Crippen molar-refractivity contribution in [2.45, 2.75) is 34.2 Å². The molecule has 0 radical (unpaired) electrons. The molecule has 2 amide bonds. The molecule has 0 saturated heterocycles. The van der Waals surface area contributed by atoms with E-state index < -0.39 is 0 Å². The molecule has 8 heteroatoms. The highest BCUT2D eigenvalue weighted by molar-refractivity contribution is 7.15. The smallest absolute Gasteiger partial charge is 0.319 e. The van der Waals surface area contributed by atoms with Gasteiger partial charge in [-0.05, 0) is 51.0 Å². The fourth-order valence-corrected chi connectivity index (χ4v) is 3.71. The largest absolute Gasteiger partial charge is 0.336 e. The average molecular weight is 398 g/mol. The third kappa shape index (κ3) is 4.45. The summed E-state index contributed by atoms with van der Waals surface area (Å²) in [5.74, 6) is 0. The van der Waals surface area contributed by atoms with Gasteiger partial charge in [-0.2, -0.15) is 5.10 Å². The van der Waals surface area contributed by atoms with Crippen LogP contribution in [0.3, 0.4) is 0 Å². The molecular weight excluding hydrogens is 374 g/mol. The molecule has 2 heterocycles. The number of urea groups is 1. The van der Waals surface area contributed by atoms with Gasteiger partial charge in [-0.25, -0.2) is 14.5 Å².